The summed E-state index contributed by atoms with van der Waals surface area (Å²) in [5, 5.41) is 2.94. The van der Waals surface area contributed by atoms with E-state index >= 15 is 0 Å². The average molecular weight is 365 g/mol. The molecule has 2 amide bonds. The van der Waals surface area contributed by atoms with Gasteiger partial charge in [-0.15, -0.1) is 0 Å². The van der Waals surface area contributed by atoms with Crippen molar-refractivity contribution in [1.82, 2.24) is 0 Å². The van der Waals surface area contributed by atoms with Crippen molar-refractivity contribution in [3.63, 3.8) is 0 Å². The number of benzene rings is 2. The average Bonchev–Trinajstić information content (AvgIpc) is 2.56. The second-order valence-corrected chi connectivity index (χ2v) is 5.81. The van der Waals surface area contributed by atoms with Crippen LogP contribution in [0, 0.1) is 12.7 Å². The van der Waals surface area contributed by atoms with Crippen molar-refractivity contribution in [3.05, 3.63) is 52.8 Å². The SMILES string of the molecule is COc1cc(Cl)c(C)cc1N(CC(=O)Nc1ccccc1F)C(C)=O. The normalized spacial score (nSPS) is 10.3. The van der Waals surface area contributed by atoms with E-state index in [1.807, 2.05) is 0 Å². The fraction of sp³-hybridized carbons (Fsp3) is 0.222. The number of methoxy groups -OCH3 is 1. The van der Waals surface area contributed by atoms with Gasteiger partial charge in [0.2, 0.25) is 11.8 Å². The molecule has 0 heterocycles. The van der Waals surface area contributed by atoms with Crippen LogP contribution in [0.4, 0.5) is 15.8 Å². The summed E-state index contributed by atoms with van der Waals surface area (Å²) in [7, 11) is 1.45. The van der Waals surface area contributed by atoms with E-state index in [4.69, 9.17) is 16.3 Å². The summed E-state index contributed by atoms with van der Waals surface area (Å²) in [6, 6.07) is 9.05. The topological polar surface area (TPSA) is 58.6 Å². The Morgan fingerprint density at radius 3 is 2.56 bits per heavy atom. The standard InChI is InChI=1S/C18H18ClFN2O3/c1-11-8-16(17(25-3)9-13(11)19)22(12(2)23)10-18(24)21-15-7-5-4-6-14(15)20/h4-9H,10H2,1-3H3,(H,21,24). The minimum Gasteiger partial charge on any atom is -0.495 e. The number of nitrogens with zero attached hydrogens (tertiary/aromatic N) is 1. The van der Waals surface area contributed by atoms with Gasteiger partial charge in [-0.2, -0.15) is 0 Å². The molecule has 0 bridgehead atoms. The molecule has 2 aromatic carbocycles. The zero-order chi connectivity index (χ0) is 18.6. The first-order chi connectivity index (χ1) is 11.8. The van der Waals surface area contributed by atoms with E-state index in [0.717, 1.165) is 5.56 Å². The molecule has 132 valence electrons. The van der Waals surface area contributed by atoms with E-state index in [9.17, 15) is 14.0 Å². The molecule has 0 aliphatic carbocycles. The largest absolute Gasteiger partial charge is 0.495 e. The highest BCUT2D eigenvalue weighted by Gasteiger charge is 2.21. The van der Waals surface area contributed by atoms with E-state index in [-0.39, 0.29) is 18.1 Å². The zero-order valence-corrected chi connectivity index (χ0v) is 14.9. The molecule has 0 unspecified atom stereocenters. The molecule has 1 N–H and O–H groups in total. The summed E-state index contributed by atoms with van der Waals surface area (Å²) >= 11 is 6.07. The molecule has 0 saturated heterocycles. The Labute approximate surface area is 150 Å². The second kappa shape index (κ2) is 7.98. The molecule has 0 saturated carbocycles. The lowest BCUT2D eigenvalue weighted by atomic mass is 10.2. The van der Waals surface area contributed by atoms with E-state index in [1.165, 1.54) is 37.1 Å². The molecule has 0 fully saturated rings. The maximum atomic E-state index is 13.7. The van der Waals surface area contributed by atoms with E-state index in [0.29, 0.717) is 16.5 Å². The number of hydrogen-bond donors (Lipinski definition) is 1. The molecule has 0 atom stereocenters. The van der Waals surface area contributed by atoms with Crippen molar-refractivity contribution in [1.29, 1.82) is 0 Å². The quantitative estimate of drug-likeness (QED) is 0.878. The number of amides is 2. The Balaban J connectivity index is 2.28. The van der Waals surface area contributed by atoms with Crippen LogP contribution >= 0.6 is 11.6 Å². The number of carbonyl (C=O) groups is 2. The van der Waals surface area contributed by atoms with E-state index in [2.05, 4.69) is 5.32 Å². The Morgan fingerprint density at radius 2 is 1.96 bits per heavy atom. The Kier molecular flexibility index (Phi) is 5.98. The summed E-state index contributed by atoms with van der Waals surface area (Å²) in [4.78, 5) is 25.6. The maximum Gasteiger partial charge on any atom is 0.244 e. The van der Waals surface area contributed by atoms with Gasteiger partial charge in [-0.05, 0) is 30.7 Å². The van der Waals surface area contributed by atoms with E-state index in [1.54, 1.807) is 25.1 Å². The van der Waals surface area contributed by atoms with Gasteiger partial charge in [0.1, 0.15) is 18.1 Å². The summed E-state index contributed by atoms with van der Waals surface area (Å²) < 4.78 is 18.9. The number of aryl methyl sites for hydroxylation is 1. The van der Waals surface area contributed by atoms with Crippen molar-refractivity contribution in [3.8, 4) is 5.75 Å². The van der Waals surface area contributed by atoms with Crippen molar-refractivity contribution in [2.75, 3.05) is 23.9 Å². The van der Waals surface area contributed by atoms with Gasteiger partial charge in [-0.25, -0.2) is 4.39 Å². The third-order valence-corrected chi connectivity index (χ3v) is 3.99. The molecule has 25 heavy (non-hydrogen) atoms. The molecule has 5 nitrogen and oxygen atoms in total. The molecule has 0 radical (unpaired) electrons. The fourth-order valence-corrected chi connectivity index (χ4v) is 2.44. The lowest BCUT2D eigenvalue weighted by Crippen LogP contribution is -2.37. The number of nitrogens with one attached hydrogen (secondary N) is 1. The zero-order valence-electron chi connectivity index (χ0n) is 14.1. The highest BCUT2D eigenvalue weighted by molar-refractivity contribution is 6.31. The van der Waals surface area contributed by atoms with Gasteiger partial charge in [0.05, 0.1) is 18.5 Å². The first kappa shape index (κ1) is 18.7. The van der Waals surface area contributed by atoms with Crippen molar-refractivity contribution in [2.45, 2.75) is 13.8 Å². The molecule has 0 spiro atoms. The highest BCUT2D eigenvalue weighted by atomic mass is 35.5. The van der Waals surface area contributed by atoms with Crippen LogP contribution in [0.5, 0.6) is 5.75 Å². The van der Waals surface area contributed by atoms with Crippen LogP contribution in [0.25, 0.3) is 0 Å². The minimum atomic E-state index is -0.551. The molecule has 2 rings (SSSR count). The molecule has 0 aliphatic heterocycles. The number of rotatable bonds is 5. The monoisotopic (exact) mass is 364 g/mol. The number of carbonyl (C=O) groups excluding carboxylic acids is 2. The van der Waals surface area contributed by atoms with Crippen LogP contribution in [0.15, 0.2) is 36.4 Å². The second-order valence-electron chi connectivity index (χ2n) is 5.41. The van der Waals surface area contributed by atoms with Gasteiger partial charge >= 0.3 is 0 Å². The van der Waals surface area contributed by atoms with Gasteiger partial charge < -0.3 is 10.1 Å². The van der Waals surface area contributed by atoms with Crippen LogP contribution in [-0.4, -0.2) is 25.5 Å². The predicted octanol–water partition coefficient (Wildman–Crippen LogP) is 3.79. The molecule has 2 aromatic rings. The van der Waals surface area contributed by atoms with Crippen molar-refractivity contribution < 1.29 is 18.7 Å². The van der Waals surface area contributed by atoms with Gasteiger partial charge in [0.15, 0.2) is 0 Å². The van der Waals surface area contributed by atoms with Crippen molar-refractivity contribution >= 4 is 34.8 Å². The summed E-state index contributed by atoms with van der Waals surface area (Å²) in [5.74, 6) is -1.08. The van der Waals surface area contributed by atoms with Crippen molar-refractivity contribution in [2.24, 2.45) is 0 Å². The number of hydrogen-bond acceptors (Lipinski definition) is 3. The molecular weight excluding hydrogens is 347 g/mol. The maximum absolute atomic E-state index is 13.7. The summed E-state index contributed by atoms with van der Waals surface area (Å²) in [6.45, 7) is 2.82. The highest BCUT2D eigenvalue weighted by Crippen LogP contribution is 2.34. The number of anilines is 2. The first-order valence-electron chi connectivity index (χ1n) is 7.50. The van der Waals surface area contributed by atoms with Crippen LogP contribution in [0.2, 0.25) is 5.02 Å². The van der Waals surface area contributed by atoms with Crippen LogP contribution in [0.3, 0.4) is 0 Å². The molecule has 7 heteroatoms. The lowest BCUT2D eigenvalue weighted by Gasteiger charge is -2.23. The third kappa shape index (κ3) is 4.48. The van der Waals surface area contributed by atoms with Gasteiger partial charge in [0, 0.05) is 18.0 Å². The first-order valence-corrected chi connectivity index (χ1v) is 7.88. The molecule has 0 aliphatic rings. The lowest BCUT2D eigenvalue weighted by molar-refractivity contribution is -0.120. The van der Waals surface area contributed by atoms with E-state index < -0.39 is 11.7 Å². The molecular formula is C18H18ClFN2O3. The van der Waals surface area contributed by atoms with Gasteiger partial charge in [-0.3, -0.25) is 14.5 Å². The van der Waals surface area contributed by atoms with Crippen LogP contribution in [0.1, 0.15) is 12.5 Å². The minimum absolute atomic E-state index is 0.0512. The van der Waals surface area contributed by atoms with Crippen LogP contribution < -0.4 is 15.0 Å². The number of ether oxygens (including phenoxy) is 1. The molecule has 0 aromatic heterocycles. The van der Waals surface area contributed by atoms with Gasteiger partial charge in [0.25, 0.3) is 0 Å². The van der Waals surface area contributed by atoms with Gasteiger partial charge in [-0.1, -0.05) is 23.7 Å². The Hall–Kier alpha value is -2.60. The smallest absolute Gasteiger partial charge is 0.244 e. The summed E-state index contributed by atoms with van der Waals surface area (Å²) in [5.41, 5.74) is 1.20. The Morgan fingerprint density at radius 1 is 1.28 bits per heavy atom. The number of halogens is 2. The third-order valence-electron chi connectivity index (χ3n) is 3.58. The predicted molar refractivity (Wildman–Crippen MR) is 95.8 cm³/mol. The number of para-hydroxylation sites is 1. The van der Waals surface area contributed by atoms with Crippen LogP contribution in [-0.2, 0) is 9.59 Å². The Bertz CT molecular complexity index is 811. The fourth-order valence-electron chi connectivity index (χ4n) is 2.28. The summed E-state index contributed by atoms with van der Waals surface area (Å²) in [6.07, 6.45) is 0.